The summed E-state index contributed by atoms with van der Waals surface area (Å²) >= 11 is 0. The van der Waals surface area contributed by atoms with E-state index in [9.17, 15) is 0 Å². The van der Waals surface area contributed by atoms with Crippen molar-refractivity contribution in [2.75, 3.05) is 0 Å². The molecule has 0 N–H and O–H groups in total. The topological polar surface area (TPSA) is 0 Å². The van der Waals surface area contributed by atoms with E-state index in [0.717, 1.165) is 5.22 Å². The molecule has 0 aliphatic carbocycles. The quantitative estimate of drug-likeness (QED) is 0.304. The molecule has 33 heavy (non-hydrogen) atoms. The average molecular weight is 427 g/mol. The van der Waals surface area contributed by atoms with Crippen LogP contribution in [-0.2, 0) is 0 Å². The molecule has 0 radical (unpaired) electrons. The molecule has 4 aromatic carbocycles. The molecule has 0 aliphatic heterocycles. The standard InChI is InChI=1S/C33H30/c1-24-8-16-28(17-9-24)32(29-18-10-25(2)11-19-29)6-5-7-33(30-20-12-26(3)13-21-30)31-22-14-27(4)15-23-31/h5-23H,1H2,2-4H3/b6-5-. The SMILES string of the molecule is C=c1ccc(=C(/C=C\C=C(c2ccc(C)cc2)c2ccc(C)cc2)c2ccc(C)cc2)cc1. The van der Waals surface area contributed by atoms with E-state index in [1.54, 1.807) is 0 Å². The van der Waals surface area contributed by atoms with Crippen LogP contribution in [0.4, 0.5) is 0 Å². The summed E-state index contributed by atoms with van der Waals surface area (Å²) in [4.78, 5) is 0. The molecular formula is C33H30. The molecule has 0 spiro atoms. The molecule has 0 saturated carbocycles. The van der Waals surface area contributed by atoms with E-state index in [1.807, 2.05) is 0 Å². The summed E-state index contributed by atoms with van der Waals surface area (Å²) in [7, 11) is 0. The summed E-state index contributed by atoms with van der Waals surface area (Å²) in [6, 6.07) is 34.6. The maximum absolute atomic E-state index is 4.03. The Hall–Kier alpha value is -3.90. The normalized spacial score (nSPS) is 10.9. The largest absolute Gasteiger partial charge is 0.0918 e. The Kier molecular flexibility index (Phi) is 6.86. The Morgan fingerprint density at radius 1 is 0.545 bits per heavy atom. The van der Waals surface area contributed by atoms with E-state index in [1.165, 1.54) is 49.7 Å². The minimum atomic E-state index is 1.02. The Balaban J connectivity index is 1.82. The molecule has 4 rings (SSSR count). The molecule has 0 fully saturated rings. The minimum absolute atomic E-state index is 1.02. The second-order valence-electron chi connectivity index (χ2n) is 8.65. The molecular weight excluding hydrogens is 396 g/mol. The fraction of sp³-hybridized carbons (Fsp3) is 0.0909. The van der Waals surface area contributed by atoms with Crippen molar-refractivity contribution in [2.45, 2.75) is 20.8 Å². The van der Waals surface area contributed by atoms with E-state index in [-0.39, 0.29) is 0 Å². The Morgan fingerprint density at radius 3 is 1.42 bits per heavy atom. The Bertz CT molecular complexity index is 1320. The third-order valence-corrected chi connectivity index (χ3v) is 5.88. The molecule has 0 saturated heterocycles. The zero-order chi connectivity index (χ0) is 23.2. The van der Waals surface area contributed by atoms with Gasteiger partial charge in [-0.05, 0) is 59.0 Å². The summed E-state index contributed by atoms with van der Waals surface area (Å²) in [6.45, 7) is 10.4. The fourth-order valence-electron chi connectivity index (χ4n) is 3.84. The van der Waals surface area contributed by atoms with E-state index in [4.69, 9.17) is 0 Å². The Labute approximate surface area is 197 Å². The van der Waals surface area contributed by atoms with Gasteiger partial charge in [-0.25, -0.2) is 0 Å². The number of aryl methyl sites for hydroxylation is 3. The molecule has 0 aromatic heterocycles. The van der Waals surface area contributed by atoms with Crippen molar-refractivity contribution in [3.63, 3.8) is 0 Å². The van der Waals surface area contributed by atoms with Crippen molar-refractivity contribution in [2.24, 2.45) is 0 Å². The number of hydrogen-bond acceptors (Lipinski definition) is 0. The van der Waals surface area contributed by atoms with Crippen LogP contribution in [0, 0.1) is 20.8 Å². The number of allylic oxidation sites excluding steroid dienone is 3. The fourth-order valence-corrected chi connectivity index (χ4v) is 3.84. The molecule has 0 aliphatic rings. The second kappa shape index (κ2) is 10.1. The van der Waals surface area contributed by atoms with Gasteiger partial charge in [-0.3, -0.25) is 0 Å². The Morgan fingerprint density at radius 2 is 0.970 bits per heavy atom. The lowest BCUT2D eigenvalue weighted by molar-refractivity contribution is 1.42. The summed E-state index contributed by atoms with van der Waals surface area (Å²) in [5.74, 6) is 0. The van der Waals surface area contributed by atoms with Crippen molar-refractivity contribution < 1.29 is 0 Å². The van der Waals surface area contributed by atoms with Crippen LogP contribution < -0.4 is 10.4 Å². The van der Waals surface area contributed by atoms with Crippen molar-refractivity contribution >= 4 is 17.7 Å². The monoisotopic (exact) mass is 426 g/mol. The van der Waals surface area contributed by atoms with Gasteiger partial charge in [0.2, 0.25) is 0 Å². The number of benzene rings is 4. The molecule has 4 aromatic rings. The van der Waals surface area contributed by atoms with Crippen LogP contribution in [-0.4, -0.2) is 0 Å². The number of hydrogen-bond donors (Lipinski definition) is 0. The maximum Gasteiger partial charge on any atom is -0.0111 e. The van der Waals surface area contributed by atoms with Gasteiger partial charge in [0.05, 0.1) is 0 Å². The van der Waals surface area contributed by atoms with Gasteiger partial charge in [-0.15, -0.1) is 0 Å². The van der Waals surface area contributed by atoms with Crippen molar-refractivity contribution in [1.82, 2.24) is 0 Å². The highest BCUT2D eigenvalue weighted by atomic mass is 14.1. The van der Waals surface area contributed by atoms with E-state index >= 15 is 0 Å². The predicted octanol–water partition coefficient (Wildman–Crippen LogP) is 6.91. The number of rotatable bonds is 5. The van der Waals surface area contributed by atoms with Crippen molar-refractivity contribution in [3.05, 3.63) is 159 Å². The van der Waals surface area contributed by atoms with Gasteiger partial charge < -0.3 is 0 Å². The van der Waals surface area contributed by atoms with E-state index < -0.39 is 0 Å². The van der Waals surface area contributed by atoms with Crippen LogP contribution in [0.3, 0.4) is 0 Å². The lowest BCUT2D eigenvalue weighted by Crippen LogP contribution is -2.09. The van der Waals surface area contributed by atoms with Crippen LogP contribution in [0.25, 0.3) is 17.7 Å². The highest BCUT2D eigenvalue weighted by Crippen LogP contribution is 2.25. The lowest BCUT2D eigenvalue weighted by Gasteiger charge is -2.09. The zero-order valence-corrected chi connectivity index (χ0v) is 19.7. The molecule has 0 bridgehead atoms. The van der Waals surface area contributed by atoms with Gasteiger partial charge >= 0.3 is 0 Å². The van der Waals surface area contributed by atoms with Crippen molar-refractivity contribution in [1.29, 1.82) is 0 Å². The first kappa shape index (κ1) is 22.3. The van der Waals surface area contributed by atoms with Crippen molar-refractivity contribution in [3.8, 4) is 0 Å². The summed E-state index contributed by atoms with van der Waals surface area (Å²) in [6.07, 6.45) is 6.60. The molecule has 0 heteroatoms. The smallest absolute Gasteiger partial charge is 0.0111 e. The summed E-state index contributed by atoms with van der Waals surface area (Å²) in [5.41, 5.74) is 9.83. The highest BCUT2D eigenvalue weighted by molar-refractivity contribution is 5.82. The first-order chi connectivity index (χ1) is 16.0. The molecule has 0 unspecified atom stereocenters. The molecule has 0 heterocycles. The van der Waals surface area contributed by atoms with Crippen LogP contribution >= 0.6 is 0 Å². The van der Waals surface area contributed by atoms with Gasteiger partial charge in [0, 0.05) is 0 Å². The molecule has 162 valence electrons. The van der Waals surface area contributed by atoms with Crippen LogP contribution in [0.15, 0.2) is 115 Å². The van der Waals surface area contributed by atoms with Gasteiger partial charge in [0.1, 0.15) is 0 Å². The van der Waals surface area contributed by atoms with E-state index in [2.05, 4.69) is 143 Å². The van der Waals surface area contributed by atoms with Gasteiger partial charge in [-0.1, -0.05) is 139 Å². The van der Waals surface area contributed by atoms with Gasteiger partial charge in [-0.2, -0.15) is 0 Å². The minimum Gasteiger partial charge on any atom is -0.0918 e. The first-order valence-electron chi connectivity index (χ1n) is 11.4. The molecule has 0 nitrogen and oxygen atoms in total. The predicted molar refractivity (Wildman–Crippen MR) is 143 cm³/mol. The molecule has 0 atom stereocenters. The summed E-state index contributed by atoms with van der Waals surface area (Å²) in [5, 5.41) is 2.20. The van der Waals surface area contributed by atoms with Crippen LogP contribution in [0.2, 0.25) is 0 Å². The van der Waals surface area contributed by atoms with Crippen LogP contribution in [0.1, 0.15) is 33.4 Å². The third-order valence-electron chi connectivity index (χ3n) is 5.88. The van der Waals surface area contributed by atoms with Gasteiger partial charge in [0.25, 0.3) is 0 Å². The highest BCUT2D eigenvalue weighted by Gasteiger charge is 2.05. The van der Waals surface area contributed by atoms with Gasteiger partial charge in [0.15, 0.2) is 0 Å². The molecule has 0 amide bonds. The van der Waals surface area contributed by atoms with E-state index in [0.29, 0.717) is 0 Å². The zero-order valence-electron chi connectivity index (χ0n) is 19.7. The summed E-state index contributed by atoms with van der Waals surface area (Å²) < 4.78 is 0. The third kappa shape index (κ3) is 5.67. The lowest BCUT2D eigenvalue weighted by atomic mass is 9.95. The van der Waals surface area contributed by atoms with Crippen LogP contribution in [0.5, 0.6) is 0 Å². The maximum atomic E-state index is 4.03. The first-order valence-corrected chi connectivity index (χ1v) is 11.4. The average Bonchev–Trinajstić information content (AvgIpc) is 2.82. The second-order valence-corrected chi connectivity index (χ2v) is 8.65.